The summed E-state index contributed by atoms with van der Waals surface area (Å²) in [6, 6.07) is 8.97. The number of nitrogens with zero attached hydrogens (tertiary/aromatic N) is 1. The molecule has 26 heavy (non-hydrogen) atoms. The molecule has 0 saturated carbocycles. The van der Waals surface area contributed by atoms with Crippen molar-refractivity contribution in [3.8, 4) is 0 Å². The van der Waals surface area contributed by atoms with Gasteiger partial charge in [-0.2, -0.15) is 0 Å². The number of benzene rings is 1. The number of carbonyl (C=O) groups is 1. The standard InChI is InChI=1S/C21H24N2O3/c1-3-20-10-12(18(24)25-2)16-21(13-6-4-5-7-14(13)22-16)8-9-23(19(20)21)11-15-17(20)26-15/h4-7,15,17,19,22H,3,8-11H2,1-2H3/t15-,17-,19+,20+,21-/m1/s1. The fraction of sp³-hybridized carbons (Fsp3) is 0.571. The molecule has 5 atom stereocenters. The van der Waals surface area contributed by atoms with Crippen molar-refractivity contribution >= 4 is 11.7 Å². The first-order chi connectivity index (χ1) is 12.7. The van der Waals surface area contributed by atoms with E-state index in [-0.39, 0.29) is 22.9 Å². The van der Waals surface area contributed by atoms with Gasteiger partial charge in [-0.05, 0) is 37.4 Å². The minimum atomic E-state index is -0.188. The van der Waals surface area contributed by atoms with Crippen LogP contribution in [0.25, 0.3) is 0 Å². The van der Waals surface area contributed by atoms with Gasteiger partial charge >= 0.3 is 5.97 Å². The van der Waals surface area contributed by atoms with Gasteiger partial charge in [0.25, 0.3) is 0 Å². The van der Waals surface area contributed by atoms with Gasteiger partial charge in [-0.1, -0.05) is 25.1 Å². The minimum absolute atomic E-state index is 0.00836. The summed E-state index contributed by atoms with van der Waals surface area (Å²) in [5.41, 5.74) is 4.29. The molecule has 0 unspecified atom stereocenters. The number of piperidine rings is 1. The monoisotopic (exact) mass is 352 g/mol. The third kappa shape index (κ3) is 1.50. The molecule has 1 aromatic rings. The first-order valence-corrected chi connectivity index (χ1v) is 9.73. The zero-order valence-corrected chi connectivity index (χ0v) is 15.2. The summed E-state index contributed by atoms with van der Waals surface area (Å²) in [6.07, 6.45) is 3.44. The molecule has 4 heterocycles. The number of carbonyl (C=O) groups excluding carboxylic acids is 1. The highest BCUT2D eigenvalue weighted by atomic mass is 16.6. The molecule has 3 fully saturated rings. The van der Waals surface area contributed by atoms with E-state index in [0.29, 0.717) is 12.1 Å². The Hall–Kier alpha value is -1.85. The van der Waals surface area contributed by atoms with Crippen LogP contribution in [-0.4, -0.2) is 49.3 Å². The van der Waals surface area contributed by atoms with E-state index in [2.05, 4.69) is 41.4 Å². The van der Waals surface area contributed by atoms with E-state index in [1.807, 2.05) is 0 Å². The van der Waals surface area contributed by atoms with Crippen LogP contribution in [0.15, 0.2) is 35.5 Å². The summed E-state index contributed by atoms with van der Waals surface area (Å²) >= 11 is 0. The number of anilines is 1. The molecule has 0 amide bonds. The van der Waals surface area contributed by atoms with E-state index in [4.69, 9.17) is 9.47 Å². The Morgan fingerprint density at radius 1 is 1.42 bits per heavy atom. The lowest BCUT2D eigenvalue weighted by atomic mass is 9.53. The second-order valence-electron chi connectivity index (χ2n) is 8.49. The first-order valence-electron chi connectivity index (χ1n) is 9.73. The van der Waals surface area contributed by atoms with Crippen LogP contribution in [0.4, 0.5) is 5.69 Å². The quantitative estimate of drug-likeness (QED) is 0.654. The summed E-state index contributed by atoms with van der Waals surface area (Å²) in [7, 11) is 1.49. The van der Waals surface area contributed by atoms with E-state index >= 15 is 0 Å². The molecule has 0 radical (unpaired) electrons. The predicted molar refractivity (Wildman–Crippen MR) is 96.8 cm³/mol. The number of esters is 1. The maximum Gasteiger partial charge on any atom is 0.335 e. The molecule has 5 aliphatic rings. The number of hydrogen-bond acceptors (Lipinski definition) is 5. The Morgan fingerprint density at radius 3 is 3.08 bits per heavy atom. The number of rotatable bonds is 2. The molecule has 1 aliphatic carbocycles. The Bertz CT molecular complexity index is 865. The second-order valence-corrected chi connectivity index (χ2v) is 8.49. The Labute approximate surface area is 153 Å². The number of hydrogen-bond donors (Lipinski definition) is 1. The lowest BCUT2D eigenvalue weighted by molar-refractivity contribution is -0.137. The van der Waals surface area contributed by atoms with Gasteiger partial charge in [0.2, 0.25) is 0 Å². The van der Waals surface area contributed by atoms with E-state index < -0.39 is 0 Å². The molecular weight excluding hydrogens is 328 g/mol. The first kappa shape index (κ1) is 15.2. The average molecular weight is 352 g/mol. The molecule has 0 aromatic heterocycles. The highest BCUT2D eigenvalue weighted by Crippen LogP contribution is 2.68. The zero-order chi connectivity index (χ0) is 17.7. The fourth-order valence-electron chi connectivity index (χ4n) is 6.80. The van der Waals surface area contributed by atoms with Crippen LogP contribution < -0.4 is 5.32 Å². The molecule has 5 nitrogen and oxygen atoms in total. The summed E-state index contributed by atoms with van der Waals surface area (Å²) in [4.78, 5) is 15.5. The van der Waals surface area contributed by atoms with Gasteiger partial charge in [0.1, 0.15) is 0 Å². The molecule has 1 spiro atoms. The molecule has 3 saturated heterocycles. The van der Waals surface area contributed by atoms with Crippen molar-refractivity contribution < 1.29 is 14.3 Å². The second kappa shape index (κ2) is 4.70. The van der Waals surface area contributed by atoms with Crippen LogP contribution in [0, 0.1) is 5.41 Å². The smallest absolute Gasteiger partial charge is 0.335 e. The predicted octanol–water partition coefficient (Wildman–Crippen LogP) is 2.43. The molecule has 5 heteroatoms. The number of nitrogens with one attached hydrogen (secondary N) is 1. The van der Waals surface area contributed by atoms with Crippen molar-refractivity contribution in [3.63, 3.8) is 0 Å². The average Bonchev–Trinajstić information content (AvgIpc) is 3.25. The fourth-order valence-corrected chi connectivity index (χ4v) is 6.80. The Morgan fingerprint density at radius 2 is 2.27 bits per heavy atom. The molecule has 1 aromatic carbocycles. The summed E-state index contributed by atoms with van der Waals surface area (Å²) in [5.74, 6) is -0.188. The molecule has 1 N–H and O–H groups in total. The largest absolute Gasteiger partial charge is 0.466 e. The highest BCUT2D eigenvalue weighted by molar-refractivity contribution is 5.93. The normalized spacial score (nSPS) is 41.7. The maximum absolute atomic E-state index is 12.8. The van der Waals surface area contributed by atoms with Gasteiger partial charge in [-0.15, -0.1) is 0 Å². The summed E-state index contributed by atoms with van der Waals surface area (Å²) in [6.45, 7) is 4.36. The van der Waals surface area contributed by atoms with Gasteiger partial charge in [0.15, 0.2) is 0 Å². The van der Waals surface area contributed by atoms with Crippen LogP contribution >= 0.6 is 0 Å². The van der Waals surface area contributed by atoms with Gasteiger partial charge < -0.3 is 14.8 Å². The third-order valence-corrected chi connectivity index (χ3v) is 7.74. The van der Waals surface area contributed by atoms with E-state index in [9.17, 15) is 4.79 Å². The van der Waals surface area contributed by atoms with Gasteiger partial charge in [-0.25, -0.2) is 4.79 Å². The van der Waals surface area contributed by atoms with Gasteiger partial charge in [-0.3, -0.25) is 4.90 Å². The third-order valence-electron chi connectivity index (χ3n) is 7.74. The summed E-state index contributed by atoms with van der Waals surface area (Å²) < 4.78 is 11.4. The van der Waals surface area contributed by atoms with Crippen molar-refractivity contribution in [2.45, 2.75) is 49.9 Å². The minimum Gasteiger partial charge on any atom is -0.466 e. The van der Waals surface area contributed by atoms with Crippen LogP contribution in [0.2, 0.25) is 0 Å². The number of fused-ring (bicyclic) bond motifs is 3. The SMILES string of the molecule is CC[C@]12CC(C(=O)OC)=C3Nc4ccccc4[C@]34CCN(C[C@H]3O[C@H]31)[C@@H]24. The maximum atomic E-state index is 12.8. The summed E-state index contributed by atoms with van der Waals surface area (Å²) in [5, 5.41) is 3.63. The van der Waals surface area contributed by atoms with Gasteiger partial charge in [0, 0.05) is 29.4 Å². The van der Waals surface area contributed by atoms with Crippen LogP contribution in [0.3, 0.4) is 0 Å². The molecule has 4 aliphatic heterocycles. The molecular formula is C21H24N2O3. The lowest BCUT2D eigenvalue weighted by Gasteiger charge is -2.54. The molecule has 136 valence electrons. The topological polar surface area (TPSA) is 54.1 Å². The van der Waals surface area contributed by atoms with Crippen molar-refractivity contribution in [1.29, 1.82) is 0 Å². The number of ether oxygens (including phenoxy) is 2. The Kier molecular flexibility index (Phi) is 2.75. The van der Waals surface area contributed by atoms with Gasteiger partial charge in [0.05, 0.1) is 30.3 Å². The van der Waals surface area contributed by atoms with E-state index in [1.54, 1.807) is 0 Å². The lowest BCUT2D eigenvalue weighted by Crippen LogP contribution is -2.63. The van der Waals surface area contributed by atoms with Crippen LogP contribution in [0.1, 0.15) is 31.7 Å². The van der Waals surface area contributed by atoms with E-state index in [0.717, 1.165) is 49.3 Å². The van der Waals surface area contributed by atoms with Crippen molar-refractivity contribution in [1.82, 2.24) is 4.90 Å². The van der Waals surface area contributed by atoms with Crippen LogP contribution in [0.5, 0.6) is 0 Å². The van der Waals surface area contributed by atoms with Crippen molar-refractivity contribution in [2.75, 3.05) is 25.5 Å². The van der Waals surface area contributed by atoms with Crippen molar-refractivity contribution in [3.05, 3.63) is 41.1 Å². The number of methoxy groups -OCH3 is 1. The highest BCUT2D eigenvalue weighted by Gasteiger charge is 2.73. The number of epoxide rings is 1. The zero-order valence-electron chi connectivity index (χ0n) is 15.2. The number of para-hydroxylation sites is 1. The van der Waals surface area contributed by atoms with Crippen LogP contribution in [-0.2, 0) is 19.7 Å². The molecule has 6 rings (SSSR count). The molecule has 0 bridgehead atoms. The van der Waals surface area contributed by atoms with Crippen molar-refractivity contribution in [2.24, 2.45) is 5.41 Å². The Balaban J connectivity index is 1.66. The van der Waals surface area contributed by atoms with E-state index in [1.165, 1.54) is 12.7 Å².